The van der Waals surface area contributed by atoms with Gasteiger partial charge in [-0.2, -0.15) is 0 Å². The van der Waals surface area contributed by atoms with Gasteiger partial charge in [-0.15, -0.1) is 0 Å². The highest BCUT2D eigenvalue weighted by Crippen LogP contribution is 2.48. The number of likely N-dealkylation sites (N-methyl/N-ethyl adjacent to an activating group) is 1. The molecule has 0 saturated heterocycles. The Balaban J connectivity index is 1.83. The zero-order valence-corrected chi connectivity index (χ0v) is 11.8. The van der Waals surface area contributed by atoms with Crippen molar-refractivity contribution in [3.05, 3.63) is 0 Å². The average Bonchev–Trinajstić information content (AvgIpc) is 2.88. The van der Waals surface area contributed by atoms with Crippen LogP contribution in [-0.4, -0.2) is 43.2 Å². The van der Waals surface area contributed by atoms with Gasteiger partial charge in [0, 0.05) is 19.6 Å². The summed E-state index contributed by atoms with van der Waals surface area (Å²) < 4.78 is 5.49. The van der Waals surface area contributed by atoms with Crippen molar-refractivity contribution >= 4 is 5.91 Å². The molecule has 2 aliphatic rings. The summed E-state index contributed by atoms with van der Waals surface area (Å²) in [4.78, 5) is 14.2. The van der Waals surface area contributed by atoms with E-state index in [9.17, 15) is 4.79 Å². The van der Waals surface area contributed by atoms with Crippen LogP contribution in [0.5, 0.6) is 0 Å². The highest BCUT2D eigenvalue weighted by molar-refractivity contribution is 5.80. The van der Waals surface area contributed by atoms with Crippen LogP contribution in [0.4, 0.5) is 0 Å². The predicted octanol–water partition coefficient (Wildman–Crippen LogP) is 1.24. The number of carbonyl (C=O) groups excluding carboxylic acids is 1. The molecule has 4 heteroatoms. The van der Waals surface area contributed by atoms with Crippen molar-refractivity contribution in [2.45, 2.75) is 45.3 Å². The fourth-order valence-corrected chi connectivity index (χ4v) is 3.49. The molecular weight excluding hydrogens is 228 g/mol. The van der Waals surface area contributed by atoms with Crippen LogP contribution in [-0.2, 0) is 9.53 Å². The summed E-state index contributed by atoms with van der Waals surface area (Å²) in [5.41, 5.74) is 6.20. The Morgan fingerprint density at radius 2 is 2.06 bits per heavy atom. The zero-order chi connectivity index (χ0) is 13.3. The van der Waals surface area contributed by atoms with Gasteiger partial charge < -0.3 is 15.4 Å². The average molecular weight is 254 g/mol. The minimum absolute atomic E-state index is 0.0628. The molecule has 104 valence electrons. The fourth-order valence-electron chi connectivity index (χ4n) is 3.49. The number of rotatable bonds is 5. The molecule has 0 spiro atoms. The first-order valence-corrected chi connectivity index (χ1v) is 7.13. The van der Waals surface area contributed by atoms with E-state index in [0.717, 1.165) is 6.42 Å². The molecule has 2 bridgehead atoms. The van der Waals surface area contributed by atoms with Crippen molar-refractivity contribution in [1.82, 2.24) is 4.90 Å². The number of carbonyl (C=O) groups is 1. The van der Waals surface area contributed by atoms with Crippen LogP contribution >= 0.6 is 0 Å². The molecule has 4 unspecified atom stereocenters. The lowest BCUT2D eigenvalue weighted by Crippen LogP contribution is -2.46. The Bertz CT molecular complexity index is 304. The summed E-state index contributed by atoms with van der Waals surface area (Å²) in [6, 6.07) is 0.0877. The molecule has 1 amide bonds. The highest BCUT2D eigenvalue weighted by Gasteiger charge is 2.49. The van der Waals surface area contributed by atoms with Crippen molar-refractivity contribution in [3.8, 4) is 0 Å². The molecule has 2 N–H and O–H groups in total. The summed E-state index contributed by atoms with van der Waals surface area (Å²) in [6.45, 7) is 5.29. The van der Waals surface area contributed by atoms with Crippen molar-refractivity contribution in [3.63, 3.8) is 0 Å². The zero-order valence-electron chi connectivity index (χ0n) is 11.8. The van der Waals surface area contributed by atoms with Gasteiger partial charge in [-0.1, -0.05) is 0 Å². The molecule has 2 aliphatic carbocycles. The second-order valence-corrected chi connectivity index (χ2v) is 6.12. The molecule has 0 heterocycles. The van der Waals surface area contributed by atoms with Gasteiger partial charge >= 0.3 is 0 Å². The van der Waals surface area contributed by atoms with Crippen molar-refractivity contribution in [2.75, 3.05) is 20.2 Å². The lowest BCUT2D eigenvalue weighted by molar-refractivity contribution is -0.137. The van der Waals surface area contributed by atoms with Crippen molar-refractivity contribution in [2.24, 2.45) is 23.5 Å². The number of hydrogen-bond donors (Lipinski definition) is 1. The van der Waals surface area contributed by atoms with Gasteiger partial charge in [0.05, 0.1) is 18.6 Å². The Kier molecular flexibility index (Phi) is 4.28. The standard InChI is InChI=1S/C14H26N2O2/c1-9(2)18-7-6-16(3)14(17)12-10-4-5-11(8-10)13(12)15/h9-13H,4-8,15H2,1-3H3. The molecule has 0 aliphatic heterocycles. The van der Waals surface area contributed by atoms with Crippen molar-refractivity contribution < 1.29 is 9.53 Å². The molecule has 0 aromatic heterocycles. The second-order valence-electron chi connectivity index (χ2n) is 6.12. The van der Waals surface area contributed by atoms with E-state index in [-0.39, 0.29) is 24.0 Å². The lowest BCUT2D eigenvalue weighted by atomic mass is 9.84. The van der Waals surface area contributed by atoms with Gasteiger partial charge in [-0.3, -0.25) is 4.79 Å². The number of hydrogen-bond acceptors (Lipinski definition) is 3. The van der Waals surface area contributed by atoms with E-state index in [1.54, 1.807) is 4.90 Å². The second kappa shape index (κ2) is 5.57. The smallest absolute Gasteiger partial charge is 0.227 e. The monoisotopic (exact) mass is 254 g/mol. The molecule has 0 aromatic carbocycles. The minimum atomic E-state index is 0.0628. The maximum atomic E-state index is 12.4. The van der Waals surface area contributed by atoms with Crippen LogP contribution in [0.25, 0.3) is 0 Å². The predicted molar refractivity (Wildman–Crippen MR) is 71.0 cm³/mol. The van der Waals surface area contributed by atoms with Gasteiger partial charge in [0.1, 0.15) is 0 Å². The number of nitrogens with two attached hydrogens (primary N) is 1. The largest absolute Gasteiger partial charge is 0.377 e. The van der Waals surface area contributed by atoms with Crippen LogP contribution in [0.1, 0.15) is 33.1 Å². The fraction of sp³-hybridized carbons (Fsp3) is 0.929. The van der Waals surface area contributed by atoms with Crippen LogP contribution in [0.2, 0.25) is 0 Å². The first kappa shape index (κ1) is 13.8. The number of nitrogens with zero attached hydrogens (tertiary/aromatic N) is 1. The maximum absolute atomic E-state index is 12.4. The van der Waals surface area contributed by atoms with E-state index in [1.165, 1.54) is 12.8 Å². The van der Waals surface area contributed by atoms with Crippen LogP contribution < -0.4 is 5.73 Å². The Morgan fingerprint density at radius 1 is 1.39 bits per heavy atom. The normalized spacial score (nSPS) is 34.3. The van der Waals surface area contributed by atoms with E-state index in [1.807, 2.05) is 20.9 Å². The molecule has 2 rings (SSSR count). The Morgan fingerprint density at radius 3 is 2.61 bits per heavy atom. The third-order valence-electron chi connectivity index (χ3n) is 4.52. The third kappa shape index (κ3) is 2.69. The van der Waals surface area contributed by atoms with Crippen molar-refractivity contribution in [1.29, 1.82) is 0 Å². The quantitative estimate of drug-likeness (QED) is 0.803. The van der Waals surface area contributed by atoms with Gasteiger partial charge in [-0.05, 0) is 44.9 Å². The molecule has 18 heavy (non-hydrogen) atoms. The lowest BCUT2D eigenvalue weighted by Gasteiger charge is -2.30. The summed E-state index contributed by atoms with van der Waals surface area (Å²) in [6.07, 6.45) is 3.78. The van der Waals surface area contributed by atoms with Crippen LogP contribution in [0, 0.1) is 17.8 Å². The summed E-state index contributed by atoms with van der Waals surface area (Å²) in [5.74, 6) is 1.41. The summed E-state index contributed by atoms with van der Waals surface area (Å²) in [5, 5.41) is 0. The van der Waals surface area contributed by atoms with Gasteiger partial charge in [-0.25, -0.2) is 0 Å². The first-order valence-electron chi connectivity index (χ1n) is 7.13. The Hall–Kier alpha value is -0.610. The molecule has 0 radical (unpaired) electrons. The van der Waals surface area contributed by atoms with E-state index < -0.39 is 0 Å². The number of fused-ring (bicyclic) bond motifs is 2. The maximum Gasteiger partial charge on any atom is 0.227 e. The minimum Gasteiger partial charge on any atom is -0.377 e. The number of ether oxygens (including phenoxy) is 1. The molecule has 2 saturated carbocycles. The molecule has 2 fully saturated rings. The third-order valence-corrected chi connectivity index (χ3v) is 4.52. The summed E-state index contributed by atoms with van der Waals surface area (Å²) in [7, 11) is 1.87. The first-order chi connectivity index (χ1) is 8.50. The SMILES string of the molecule is CC(C)OCCN(C)C(=O)C1C2CCC(C2)C1N. The van der Waals surface area contributed by atoms with Crippen LogP contribution in [0.15, 0.2) is 0 Å². The molecular formula is C14H26N2O2. The van der Waals surface area contributed by atoms with Crippen LogP contribution in [0.3, 0.4) is 0 Å². The molecule has 4 nitrogen and oxygen atoms in total. The van der Waals surface area contributed by atoms with E-state index in [0.29, 0.717) is 25.0 Å². The van der Waals surface area contributed by atoms with Gasteiger partial charge in [0.2, 0.25) is 5.91 Å². The number of amides is 1. The van der Waals surface area contributed by atoms with E-state index in [2.05, 4.69) is 0 Å². The highest BCUT2D eigenvalue weighted by atomic mass is 16.5. The van der Waals surface area contributed by atoms with E-state index in [4.69, 9.17) is 10.5 Å². The Labute approximate surface area is 110 Å². The van der Waals surface area contributed by atoms with Gasteiger partial charge in [0.25, 0.3) is 0 Å². The molecule has 4 atom stereocenters. The van der Waals surface area contributed by atoms with Gasteiger partial charge in [0.15, 0.2) is 0 Å². The van der Waals surface area contributed by atoms with E-state index >= 15 is 0 Å². The molecule has 0 aromatic rings. The summed E-state index contributed by atoms with van der Waals surface area (Å²) >= 11 is 0. The topological polar surface area (TPSA) is 55.6 Å².